The topological polar surface area (TPSA) is 46.8 Å². The van der Waals surface area contributed by atoms with Crippen molar-refractivity contribution in [3.8, 4) is 5.75 Å². The molecule has 2 aromatic heterocycles. The van der Waals surface area contributed by atoms with Crippen molar-refractivity contribution in [1.82, 2.24) is 9.38 Å². The number of hydrogen-bond acceptors (Lipinski definition) is 4. The second kappa shape index (κ2) is 4.86. The standard InChI is InChI=1S/C16H16N2O2S/c1-20-12-4-2-3-11(7-12)15(19)14-16(10-5-6-10)21-13-8-17-9-18(13)14/h2-4,7-10,15,19H,5-6H2,1H3. The Balaban J connectivity index is 1.83. The molecule has 0 saturated heterocycles. The average molecular weight is 300 g/mol. The Hall–Kier alpha value is -1.85. The van der Waals surface area contributed by atoms with Crippen molar-refractivity contribution >= 4 is 16.2 Å². The first-order valence-electron chi connectivity index (χ1n) is 7.04. The summed E-state index contributed by atoms with van der Waals surface area (Å²) in [6.07, 6.45) is 5.43. The van der Waals surface area contributed by atoms with Crippen molar-refractivity contribution < 1.29 is 9.84 Å². The average Bonchev–Trinajstić information content (AvgIpc) is 3.15. The van der Waals surface area contributed by atoms with E-state index in [4.69, 9.17) is 4.74 Å². The van der Waals surface area contributed by atoms with E-state index < -0.39 is 6.10 Å². The number of ether oxygens (including phenoxy) is 1. The summed E-state index contributed by atoms with van der Waals surface area (Å²) in [6, 6.07) is 7.62. The lowest BCUT2D eigenvalue weighted by atomic mass is 10.0. The largest absolute Gasteiger partial charge is 0.497 e. The molecule has 0 bridgehead atoms. The molecule has 0 aliphatic heterocycles. The highest BCUT2D eigenvalue weighted by Gasteiger charge is 2.32. The maximum atomic E-state index is 10.9. The van der Waals surface area contributed by atoms with Crippen LogP contribution in [0.2, 0.25) is 0 Å². The molecule has 5 heteroatoms. The predicted octanol–water partition coefficient (Wildman–Crippen LogP) is 3.36. The lowest BCUT2D eigenvalue weighted by Gasteiger charge is -2.14. The molecule has 1 atom stereocenters. The zero-order chi connectivity index (χ0) is 14.4. The van der Waals surface area contributed by atoms with Crippen LogP contribution in [0.5, 0.6) is 5.75 Å². The maximum Gasteiger partial charge on any atom is 0.121 e. The van der Waals surface area contributed by atoms with E-state index in [9.17, 15) is 5.11 Å². The van der Waals surface area contributed by atoms with E-state index in [0.29, 0.717) is 5.92 Å². The van der Waals surface area contributed by atoms with Crippen LogP contribution in [0.15, 0.2) is 36.8 Å². The van der Waals surface area contributed by atoms with Crippen LogP contribution in [0.3, 0.4) is 0 Å². The van der Waals surface area contributed by atoms with Crippen LogP contribution in [0, 0.1) is 0 Å². The number of aliphatic hydroxyl groups is 1. The van der Waals surface area contributed by atoms with E-state index in [2.05, 4.69) is 4.98 Å². The van der Waals surface area contributed by atoms with Gasteiger partial charge in [0.25, 0.3) is 0 Å². The Morgan fingerprint density at radius 2 is 2.29 bits per heavy atom. The number of aromatic nitrogens is 2. The summed E-state index contributed by atoms with van der Waals surface area (Å²) in [7, 11) is 1.64. The zero-order valence-corrected chi connectivity index (χ0v) is 12.5. The fourth-order valence-electron chi connectivity index (χ4n) is 2.70. The molecule has 1 N–H and O–H groups in total. The molecule has 108 valence electrons. The molecule has 4 rings (SSSR count). The van der Waals surface area contributed by atoms with Crippen LogP contribution in [0.4, 0.5) is 0 Å². The SMILES string of the molecule is COc1cccc(C(O)c2c(C3CC3)sc3cncn23)c1. The molecular formula is C16H16N2O2S. The molecule has 1 fully saturated rings. The molecule has 0 amide bonds. The summed E-state index contributed by atoms with van der Waals surface area (Å²) in [5, 5.41) is 10.9. The number of imidazole rings is 1. The molecule has 2 heterocycles. The van der Waals surface area contributed by atoms with Crippen LogP contribution in [-0.2, 0) is 0 Å². The van der Waals surface area contributed by atoms with Gasteiger partial charge < -0.3 is 9.84 Å². The summed E-state index contributed by atoms with van der Waals surface area (Å²) < 4.78 is 7.27. The molecule has 21 heavy (non-hydrogen) atoms. The van der Waals surface area contributed by atoms with Gasteiger partial charge in [-0.2, -0.15) is 0 Å². The van der Waals surface area contributed by atoms with Gasteiger partial charge in [0.1, 0.15) is 23.0 Å². The number of nitrogens with zero attached hydrogens (tertiary/aromatic N) is 2. The number of rotatable bonds is 4. The highest BCUT2D eigenvalue weighted by atomic mass is 32.1. The number of thiazole rings is 1. The molecule has 0 radical (unpaired) electrons. The van der Waals surface area contributed by atoms with E-state index in [1.54, 1.807) is 24.8 Å². The predicted molar refractivity (Wildman–Crippen MR) is 82.1 cm³/mol. The third-order valence-corrected chi connectivity index (χ3v) is 5.22. The van der Waals surface area contributed by atoms with Crippen LogP contribution in [0.25, 0.3) is 4.83 Å². The van der Waals surface area contributed by atoms with Crippen LogP contribution in [0.1, 0.15) is 41.0 Å². The zero-order valence-electron chi connectivity index (χ0n) is 11.7. The maximum absolute atomic E-state index is 10.9. The molecule has 1 saturated carbocycles. The van der Waals surface area contributed by atoms with Gasteiger partial charge in [0.15, 0.2) is 0 Å². The summed E-state index contributed by atoms with van der Waals surface area (Å²) >= 11 is 1.74. The normalized spacial score (nSPS) is 16.3. The van der Waals surface area contributed by atoms with Gasteiger partial charge in [-0.05, 0) is 36.5 Å². The Morgan fingerprint density at radius 1 is 1.43 bits per heavy atom. The third kappa shape index (κ3) is 2.13. The first-order chi connectivity index (χ1) is 10.3. The number of aliphatic hydroxyl groups excluding tert-OH is 1. The van der Waals surface area contributed by atoms with Gasteiger partial charge in [0.05, 0.1) is 19.0 Å². The number of methoxy groups -OCH3 is 1. The molecule has 1 aromatic carbocycles. The van der Waals surface area contributed by atoms with Crippen molar-refractivity contribution in [1.29, 1.82) is 0 Å². The molecule has 3 aromatic rings. The molecule has 4 nitrogen and oxygen atoms in total. The Kier molecular flexibility index (Phi) is 2.97. The smallest absolute Gasteiger partial charge is 0.121 e. The Bertz CT molecular complexity index is 789. The lowest BCUT2D eigenvalue weighted by Crippen LogP contribution is -2.05. The van der Waals surface area contributed by atoms with Crippen LogP contribution >= 0.6 is 11.3 Å². The number of fused-ring (bicyclic) bond motifs is 1. The quantitative estimate of drug-likeness (QED) is 0.803. The summed E-state index contributed by atoms with van der Waals surface area (Å²) in [4.78, 5) is 6.58. The van der Waals surface area contributed by atoms with E-state index in [0.717, 1.165) is 21.8 Å². The van der Waals surface area contributed by atoms with Crippen LogP contribution in [-0.4, -0.2) is 21.6 Å². The summed E-state index contributed by atoms with van der Waals surface area (Å²) in [5.41, 5.74) is 1.81. The number of hydrogen-bond donors (Lipinski definition) is 1. The van der Waals surface area contributed by atoms with E-state index in [1.807, 2.05) is 34.9 Å². The highest BCUT2D eigenvalue weighted by Crippen LogP contribution is 2.47. The number of benzene rings is 1. The summed E-state index contributed by atoms with van der Waals surface area (Å²) in [5.74, 6) is 1.36. The first-order valence-corrected chi connectivity index (χ1v) is 7.86. The fourth-order valence-corrected chi connectivity index (χ4v) is 4.00. The van der Waals surface area contributed by atoms with Crippen molar-refractivity contribution in [2.45, 2.75) is 24.9 Å². The first kappa shape index (κ1) is 12.9. The monoisotopic (exact) mass is 300 g/mol. The highest BCUT2D eigenvalue weighted by molar-refractivity contribution is 7.17. The van der Waals surface area contributed by atoms with Crippen molar-refractivity contribution in [3.05, 3.63) is 52.9 Å². The minimum absolute atomic E-state index is 0.602. The van der Waals surface area contributed by atoms with Crippen molar-refractivity contribution in [2.24, 2.45) is 0 Å². The Labute approximate surface area is 126 Å². The van der Waals surface area contributed by atoms with Gasteiger partial charge in [-0.3, -0.25) is 4.40 Å². The van der Waals surface area contributed by atoms with E-state index in [1.165, 1.54) is 17.7 Å². The molecular weight excluding hydrogens is 284 g/mol. The minimum atomic E-state index is -0.654. The van der Waals surface area contributed by atoms with Crippen molar-refractivity contribution in [3.63, 3.8) is 0 Å². The van der Waals surface area contributed by atoms with Gasteiger partial charge in [-0.1, -0.05) is 12.1 Å². The third-order valence-electron chi connectivity index (χ3n) is 3.95. The van der Waals surface area contributed by atoms with E-state index >= 15 is 0 Å². The lowest BCUT2D eigenvalue weighted by molar-refractivity contribution is 0.213. The van der Waals surface area contributed by atoms with Crippen LogP contribution < -0.4 is 4.74 Å². The van der Waals surface area contributed by atoms with Gasteiger partial charge in [0, 0.05) is 4.88 Å². The Morgan fingerprint density at radius 3 is 3.05 bits per heavy atom. The van der Waals surface area contributed by atoms with Gasteiger partial charge in [-0.25, -0.2) is 4.98 Å². The van der Waals surface area contributed by atoms with Gasteiger partial charge in [-0.15, -0.1) is 11.3 Å². The summed E-state index contributed by atoms with van der Waals surface area (Å²) in [6.45, 7) is 0. The van der Waals surface area contributed by atoms with Crippen molar-refractivity contribution in [2.75, 3.05) is 7.11 Å². The fraction of sp³-hybridized carbons (Fsp3) is 0.312. The van der Waals surface area contributed by atoms with Gasteiger partial charge >= 0.3 is 0 Å². The second-order valence-electron chi connectivity index (χ2n) is 5.41. The minimum Gasteiger partial charge on any atom is -0.497 e. The molecule has 0 spiro atoms. The van der Waals surface area contributed by atoms with E-state index in [-0.39, 0.29) is 0 Å². The second-order valence-corrected chi connectivity index (χ2v) is 6.47. The van der Waals surface area contributed by atoms with Gasteiger partial charge in [0.2, 0.25) is 0 Å². The molecule has 1 unspecified atom stereocenters. The molecule has 1 aliphatic carbocycles. The molecule has 1 aliphatic rings.